The first-order chi connectivity index (χ1) is 4.19. The van der Waals surface area contributed by atoms with Crippen LogP contribution in [0.2, 0.25) is 0 Å². The van der Waals surface area contributed by atoms with Crippen LogP contribution in [-0.4, -0.2) is 12.2 Å². The van der Waals surface area contributed by atoms with Crippen LogP contribution >= 0.6 is 0 Å². The molecule has 0 heterocycles. The highest BCUT2D eigenvalue weighted by Crippen LogP contribution is 2.39. The van der Waals surface area contributed by atoms with Gasteiger partial charge in [0.25, 0.3) is 0 Å². The Morgan fingerprint density at radius 3 is 1.50 bits per heavy atom. The van der Waals surface area contributed by atoms with Gasteiger partial charge in [0.1, 0.15) is 0 Å². The first-order valence-electron chi connectivity index (χ1n) is 3.02. The molecule has 0 bridgehead atoms. The van der Waals surface area contributed by atoms with Crippen molar-refractivity contribution in [2.45, 2.75) is 33.0 Å². The number of halogens is 3. The van der Waals surface area contributed by atoms with E-state index in [0.717, 1.165) is 13.8 Å². The molecule has 0 saturated heterocycles. The van der Waals surface area contributed by atoms with Gasteiger partial charge in [-0.15, -0.1) is 0 Å². The first kappa shape index (κ1) is 9.75. The summed E-state index contributed by atoms with van der Waals surface area (Å²) in [6, 6.07) is -0.868. The Morgan fingerprint density at radius 2 is 1.50 bits per heavy atom. The van der Waals surface area contributed by atoms with Crippen LogP contribution in [0.1, 0.15) is 20.8 Å². The van der Waals surface area contributed by atoms with E-state index in [1.54, 1.807) is 0 Å². The third-order valence-electron chi connectivity index (χ3n) is 1.87. The van der Waals surface area contributed by atoms with Gasteiger partial charge < -0.3 is 5.73 Å². The minimum Gasteiger partial charge on any atom is -0.327 e. The molecule has 0 aliphatic heterocycles. The molecule has 0 fully saturated rings. The fourth-order valence-electron chi connectivity index (χ4n) is 0.258. The predicted octanol–water partition coefficient (Wildman–Crippen LogP) is 1.92. The van der Waals surface area contributed by atoms with Crippen molar-refractivity contribution in [3.05, 3.63) is 0 Å². The van der Waals surface area contributed by atoms with Crippen molar-refractivity contribution in [2.24, 2.45) is 11.1 Å². The minimum absolute atomic E-state index is 0.868. The van der Waals surface area contributed by atoms with Crippen molar-refractivity contribution in [3.8, 4) is 0 Å². The largest absolute Gasteiger partial charge is 0.395 e. The van der Waals surface area contributed by atoms with Crippen molar-refractivity contribution < 1.29 is 13.2 Å². The topological polar surface area (TPSA) is 26.0 Å². The lowest BCUT2D eigenvalue weighted by Gasteiger charge is -2.31. The molecule has 2 N–H and O–H groups in total. The molecule has 0 aromatic rings. The highest BCUT2D eigenvalue weighted by atomic mass is 19.4. The minimum atomic E-state index is -4.21. The van der Waals surface area contributed by atoms with Gasteiger partial charge in [0.15, 0.2) is 0 Å². The molecule has 0 amide bonds. The van der Waals surface area contributed by atoms with Gasteiger partial charge in [-0.3, -0.25) is 0 Å². The summed E-state index contributed by atoms with van der Waals surface area (Å²) < 4.78 is 36.0. The summed E-state index contributed by atoms with van der Waals surface area (Å²) in [5, 5.41) is 0. The summed E-state index contributed by atoms with van der Waals surface area (Å²) in [7, 11) is 0. The fourth-order valence-corrected chi connectivity index (χ4v) is 0.258. The van der Waals surface area contributed by atoms with Gasteiger partial charge >= 0.3 is 6.18 Å². The van der Waals surface area contributed by atoms with E-state index in [-0.39, 0.29) is 0 Å². The van der Waals surface area contributed by atoms with Crippen molar-refractivity contribution >= 4 is 0 Å². The fraction of sp³-hybridized carbons (Fsp3) is 1.00. The van der Waals surface area contributed by atoms with Crippen molar-refractivity contribution in [1.82, 2.24) is 0 Å². The number of alkyl halides is 3. The average molecular weight is 155 g/mol. The van der Waals surface area contributed by atoms with E-state index < -0.39 is 17.6 Å². The Bertz CT molecular complexity index is 115. The van der Waals surface area contributed by atoms with Gasteiger partial charge in [0, 0.05) is 6.04 Å². The van der Waals surface area contributed by atoms with Crippen LogP contribution in [0.4, 0.5) is 13.2 Å². The summed E-state index contributed by atoms with van der Waals surface area (Å²) >= 11 is 0. The van der Waals surface area contributed by atoms with E-state index in [9.17, 15) is 13.2 Å². The predicted molar refractivity (Wildman–Crippen MR) is 33.5 cm³/mol. The summed E-state index contributed by atoms with van der Waals surface area (Å²) in [5.41, 5.74) is 3.35. The van der Waals surface area contributed by atoms with Gasteiger partial charge in [-0.25, -0.2) is 0 Å². The van der Waals surface area contributed by atoms with Gasteiger partial charge in [-0.05, 0) is 20.8 Å². The second-order valence-corrected chi connectivity index (χ2v) is 3.01. The Hall–Kier alpha value is -0.250. The molecule has 0 saturated carbocycles. The maximum absolute atomic E-state index is 12.0. The highest BCUT2D eigenvalue weighted by molar-refractivity contribution is 4.84. The molecule has 0 rings (SSSR count). The van der Waals surface area contributed by atoms with E-state index >= 15 is 0 Å². The standard InChI is InChI=1S/C6H12F3N/c1-4(10)5(2,3)6(7,8)9/h4H,10H2,1-3H3. The number of hydrogen-bond donors (Lipinski definition) is 1. The lowest BCUT2D eigenvalue weighted by molar-refractivity contribution is -0.216. The van der Waals surface area contributed by atoms with E-state index in [4.69, 9.17) is 5.73 Å². The van der Waals surface area contributed by atoms with Crippen LogP contribution in [0.5, 0.6) is 0 Å². The molecule has 0 aromatic carbocycles. The van der Waals surface area contributed by atoms with Crippen LogP contribution in [0.3, 0.4) is 0 Å². The monoisotopic (exact) mass is 155 g/mol. The smallest absolute Gasteiger partial charge is 0.327 e. The molecule has 0 radical (unpaired) electrons. The lowest BCUT2D eigenvalue weighted by atomic mass is 9.85. The van der Waals surface area contributed by atoms with Crippen molar-refractivity contribution in [1.29, 1.82) is 0 Å². The summed E-state index contributed by atoms with van der Waals surface area (Å²) in [6.45, 7) is 3.54. The van der Waals surface area contributed by atoms with Crippen LogP contribution in [0.25, 0.3) is 0 Å². The van der Waals surface area contributed by atoms with E-state index in [0.29, 0.717) is 0 Å². The van der Waals surface area contributed by atoms with Crippen molar-refractivity contribution in [2.75, 3.05) is 0 Å². The molecule has 1 nitrogen and oxygen atoms in total. The zero-order valence-electron chi connectivity index (χ0n) is 6.29. The van der Waals surface area contributed by atoms with Gasteiger partial charge in [0.2, 0.25) is 0 Å². The molecule has 0 aliphatic rings. The lowest BCUT2D eigenvalue weighted by Crippen LogP contribution is -2.45. The summed E-state index contributed by atoms with van der Waals surface area (Å²) in [5.74, 6) is 0. The molecule has 0 spiro atoms. The van der Waals surface area contributed by atoms with E-state index in [1.807, 2.05) is 0 Å². The van der Waals surface area contributed by atoms with Gasteiger partial charge in [-0.1, -0.05) is 0 Å². The Morgan fingerprint density at radius 1 is 1.20 bits per heavy atom. The highest BCUT2D eigenvalue weighted by Gasteiger charge is 2.49. The second kappa shape index (κ2) is 2.42. The molecule has 62 valence electrons. The SMILES string of the molecule is CC(N)C(C)(C)C(F)(F)F. The Labute approximate surface area is 58.4 Å². The van der Waals surface area contributed by atoms with E-state index in [2.05, 4.69) is 0 Å². The quantitative estimate of drug-likeness (QED) is 0.615. The molecular formula is C6H12F3N. The molecule has 4 heteroatoms. The van der Waals surface area contributed by atoms with Gasteiger partial charge in [0.05, 0.1) is 5.41 Å². The summed E-state index contributed by atoms with van der Waals surface area (Å²) in [4.78, 5) is 0. The van der Waals surface area contributed by atoms with Crippen LogP contribution < -0.4 is 5.73 Å². The zero-order valence-corrected chi connectivity index (χ0v) is 6.29. The molecule has 1 atom stereocenters. The van der Waals surface area contributed by atoms with Gasteiger partial charge in [-0.2, -0.15) is 13.2 Å². The first-order valence-corrected chi connectivity index (χ1v) is 3.02. The Balaban J connectivity index is 4.40. The maximum Gasteiger partial charge on any atom is 0.395 e. The van der Waals surface area contributed by atoms with Crippen molar-refractivity contribution in [3.63, 3.8) is 0 Å². The second-order valence-electron chi connectivity index (χ2n) is 3.01. The Kier molecular flexibility index (Phi) is 2.36. The number of nitrogens with two attached hydrogens (primary N) is 1. The normalized spacial score (nSPS) is 17.1. The third kappa shape index (κ3) is 1.62. The van der Waals surface area contributed by atoms with Crippen LogP contribution in [0.15, 0.2) is 0 Å². The molecule has 1 unspecified atom stereocenters. The van der Waals surface area contributed by atoms with E-state index in [1.165, 1.54) is 6.92 Å². The van der Waals surface area contributed by atoms with Crippen LogP contribution in [-0.2, 0) is 0 Å². The number of hydrogen-bond acceptors (Lipinski definition) is 1. The summed E-state index contributed by atoms with van der Waals surface area (Å²) in [6.07, 6.45) is -4.21. The zero-order chi connectivity index (χ0) is 8.58. The maximum atomic E-state index is 12.0. The third-order valence-corrected chi connectivity index (χ3v) is 1.87. The molecule has 10 heavy (non-hydrogen) atoms. The molecule has 0 aromatic heterocycles. The van der Waals surface area contributed by atoms with Crippen LogP contribution in [0, 0.1) is 5.41 Å². The molecule has 0 aliphatic carbocycles. The average Bonchev–Trinajstić information content (AvgIpc) is 1.62. The number of rotatable bonds is 1. The molecular weight excluding hydrogens is 143 g/mol.